The quantitative estimate of drug-likeness (QED) is 0.845. The Balaban J connectivity index is 2.33. The number of carboxylic acid groups (broad SMARTS) is 1. The van der Waals surface area contributed by atoms with Gasteiger partial charge in [0.2, 0.25) is 0 Å². The number of carbonyl (C=O) groups is 1. The Morgan fingerprint density at radius 2 is 1.86 bits per heavy atom. The molecule has 1 aromatic carbocycles. The van der Waals surface area contributed by atoms with Gasteiger partial charge >= 0.3 is 5.97 Å². The van der Waals surface area contributed by atoms with Crippen molar-refractivity contribution in [2.24, 2.45) is 5.92 Å². The second kappa shape index (κ2) is 6.29. The largest absolute Gasteiger partial charge is 0.496 e. The molecule has 1 aromatic rings. The normalized spacial score (nSPS) is 18.9. The molecule has 1 atom stereocenters. The van der Waals surface area contributed by atoms with E-state index in [1.165, 1.54) is 0 Å². The molecule has 1 aliphatic carbocycles. The summed E-state index contributed by atoms with van der Waals surface area (Å²) >= 11 is 0. The van der Waals surface area contributed by atoms with Gasteiger partial charge in [-0.15, -0.1) is 0 Å². The van der Waals surface area contributed by atoms with Crippen LogP contribution >= 0.6 is 0 Å². The van der Waals surface area contributed by atoms with Gasteiger partial charge in [-0.1, -0.05) is 44.9 Å². The van der Waals surface area contributed by atoms with E-state index in [4.69, 9.17) is 4.74 Å². The lowest BCUT2D eigenvalue weighted by molar-refractivity contribution is -0.167. The second-order valence-corrected chi connectivity index (χ2v) is 6.97. The van der Waals surface area contributed by atoms with Gasteiger partial charge in [0.1, 0.15) is 5.75 Å². The fourth-order valence-corrected chi connectivity index (χ4v) is 3.77. The molecule has 0 radical (unpaired) electrons. The van der Waals surface area contributed by atoms with Crippen LogP contribution in [0.2, 0.25) is 0 Å². The molecule has 1 unspecified atom stereocenters. The molecular formula is C18H26O4. The highest BCUT2D eigenvalue weighted by Gasteiger charge is 2.49. The Morgan fingerprint density at radius 3 is 2.41 bits per heavy atom. The SMILES string of the molecule is COc1ccccc1C(C)(C)CC(O)(C(=O)O)C1CCCC1. The van der Waals surface area contributed by atoms with Gasteiger partial charge in [0.25, 0.3) is 0 Å². The summed E-state index contributed by atoms with van der Waals surface area (Å²) in [6.45, 7) is 3.93. The van der Waals surface area contributed by atoms with Crippen LogP contribution in [0.3, 0.4) is 0 Å². The van der Waals surface area contributed by atoms with Crippen molar-refractivity contribution in [2.45, 2.75) is 57.0 Å². The van der Waals surface area contributed by atoms with E-state index in [1.807, 2.05) is 38.1 Å². The average Bonchev–Trinajstić information content (AvgIpc) is 3.01. The summed E-state index contributed by atoms with van der Waals surface area (Å²) in [6.07, 6.45) is 3.74. The number of para-hydroxylation sites is 1. The van der Waals surface area contributed by atoms with Crippen molar-refractivity contribution in [1.29, 1.82) is 0 Å². The Kier molecular flexibility index (Phi) is 4.81. The Bertz CT molecular complexity index is 532. The van der Waals surface area contributed by atoms with Crippen molar-refractivity contribution in [1.82, 2.24) is 0 Å². The molecule has 1 aliphatic rings. The molecule has 122 valence electrons. The van der Waals surface area contributed by atoms with Gasteiger partial charge < -0.3 is 14.9 Å². The second-order valence-electron chi connectivity index (χ2n) is 6.97. The first-order valence-electron chi connectivity index (χ1n) is 7.90. The van der Waals surface area contributed by atoms with E-state index in [9.17, 15) is 15.0 Å². The third kappa shape index (κ3) is 3.12. The van der Waals surface area contributed by atoms with Crippen LogP contribution in [0.25, 0.3) is 0 Å². The van der Waals surface area contributed by atoms with Crippen LogP contribution in [-0.4, -0.2) is 28.9 Å². The smallest absolute Gasteiger partial charge is 0.335 e. The Labute approximate surface area is 132 Å². The molecule has 4 heteroatoms. The first-order valence-corrected chi connectivity index (χ1v) is 7.90. The van der Waals surface area contributed by atoms with E-state index in [0.717, 1.165) is 37.0 Å². The maximum atomic E-state index is 11.8. The van der Waals surface area contributed by atoms with Crippen molar-refractivity contribution in [3.63, 3.8) is 0 Å². The van der Waals surface area contributed by atoms with Crippen LogP contribution in [-0.2, 0) is 10.2 Å². The van der Waals surface area contributed by atoms with Crippen LogP contribution in [0.4, 0.5) is 0 Å². The summed E-state index contributed by atoms with van der Waals surface area (Å²) in [6, 6.07) is 7.61. The first-order chi connectivity index (χ1) is 10.3. The number of ether oxygens (including phenoxy) is 1. The lowest BCUT2D eigenvalue weighted by Gasteiger charge is -2.38. The zero-order valence-corrected chi connectivity index (χ0v) is 13.6. The lowest BCUT2D eigenvalue weighted by atomic mass is 9.70. The number of hydrogen-bond donors (Lipinski definition) is 2. The highest BCUT2D eigenvalue weighted by atomic mass is 16.5. The van der Waals surface area contributed by atoms with E-state index in [-0.39, 0.29) is 12.3 Å². The number of carboxylic acids is 1. The number of hydrogen-bond acceptors (Lipinski definition) is 3. The molecule has 22 heavy (non-hydrogen) atoms. The van der Waals surface area contributed by atoms with Gasteiger partial charge in [-0.3, -0.25) is 0 Å². The summed E-state index contributed by atoms with van der Waals surface area (Å²) < 4.78 is 5.40. The van der Waals surface area contributed by atoms with Crippen LogP contribution in [0, 0.1) is 5.92 Å². The van der Waals surface area contributed by atoms with Gasteiger partial charge in [-0.2, -0.15) is 0 Å². The van der Waals surface area contributed by atoms with Crippen molar-refractivity contribution in [2.75, 3.05) is 7.11 Å². The third-order valence-corrected chi connectivity index (χ3v) is 4.95. The monoisotopic (exact) mass is 306 g/mol. The Hall–Kier alpha value is -1.55. The van der Waals surface area contributed by atoms with Crippen molar-refractivity contribution < 1.29 is 19.7 Å². The van der Waals surface area contributed by atoms with Crippen LogP contribution in [0.15, 0.2) is 24.3 Å². The molecule has 1 saturated carbocycles. The zero-order chi connectivity index (χ0) is 16.4. The minimum Gasteiger partial charge on any atom is -0.496 e. The first kappa shape index (κ1) is 16.8. The van der Waals surface area contributed by atoms with Gasteiger partial charge in [-0.05, 0) is 42.2 Å². The summed E-state index contributed by atoms with van der Waals surface area (Å²) in [4.78, 5) is 11.8. The minimum atomic E-state index is -1.68. The number of aliphatic hydroxyl groups is 1. The maximum absolute atomic E-state index is 11.8. The predicted octanol–water partition coefficient (Wildman–Crippen LogP) is 3.37. The summed E-state index contributed by atoms with van der Waals surface area (Å²) in [7, 11) is 1.61. The zero-order valence-electron chi connectivity index (χ0n) is 13.6. The molecule has 2 N–H and O–H groups in total. The summed E-state index contributed by atoms with van der Waals surface area (Å²) in [5.74, 6) is -0.548. The number of methoxy groups -OCH3 is 1. The van der Waals surface area contributed by atoms with Gasteiger partial charge in [0.15, 0.2) is 5.60 Å². The van der Waals surface area contributed by atoms with Crippen LogP contribution in [0.1, 0.15) is 51.5 Å². The standard InChI is InChI=1S/C18H26O4/c1-17(2,14-10-6-7-11-15(14)22-3)12-18(21,16(19)20)13-8-4-5-9-13/h6-7,10-11,13,21H,4-5,8-9,12H2,1-3H3,(H,19,20). The van der Waals surface area contributed by atoms with E-state index < -0.39 is 17.0 Å². The van der Waals surface area contributed by atoms with Crippen LogP contribution in [0.5, 0.6) is 5.75 Å². The highest BCUT2D eigenvalue weighted by Crippen LogP contribution is 2.44. The molecular weight excluding hydrogens is 280 g/mol. The van der Waals surface area contributed by atoms with Gasteiger partial charge in [0.05, 0.1) is 7.11 Å². The van der Waals surface area contributed by atoms with Crippen LogP contribution < -0.4 is 4.74 Å². The topological polar surface area (TPSA) is 66.8 Å². The fourth-order valence-electron chi connectivity index (χ4n) is 3.77. The molecule has 0 heterocycles. The number of rotatable bonds is 6. The molecule has 0 bridgehead atoms. The highest BCUT2D eigenvalue weighted by molar-refractivity contribution is 5.78. The van der Waals surface area contributed by atoms with Gasteiger partial charge in [-0.25, -0.2) is 4.79 Å². The van der Waals surface area contributed by atoms with Gasteiger partial charge in [0, 0.05) is 0 Å². The third-order valence-electron chi connectivity index (χ3n) is 4.95. The summed E-state index contributed by atoms with van der Waals surface area (Å²) in [5.41, 5.74) is -1.25. The maximum Gasteiger partial charge on any atom is 0.335 e. The van der Waals surface area contributed by atoms with E-state index in [0.29, 0.717) is 0 Å². The molecule has 4 nitrogen and oxygen atoms in total. The average molecular weight is 306 g/mol. The molecule has 0 aliphatic heterocycles. The molecule has 2 rings (SSSR count). The van der Waals surface area contributed by atoms with Crippen molar-refractivity contribution in [3.8, 4) is 5.75 Å². The lowest BCUT2D eigenvalue weighted by Crippen LogP contribution is -2.49. The number of benzene rings is 1. The minimum absolute atomic E-state index is 0.168. The number of aliphatic carboxylic acids is 1. The molecule has 0 aromatic heterocycles. The predicted molar refractivity (Wildman–Crippen MR) is 85.2 cm³/mol. The fraction of sp³-hybridized carbons (Fsp3) is 0.611. The molecule has 0 saturated heterocycles. The summed E-state index contributed by atoms with van der Waals surface area (Å²) in [5, 5.41) is 20.6. The van der Waals surface area contributed by atoms with E-state index in [1.54, 1.807) is 7.11 Å². The molecule has 0 spiro atoms. The van der Waals surface area contributed by atoms with Crippen molar-refractivity contribution >= 4 is 5.97 Å². The van der Waals surface area contributed by atoms with E-state index >= 15 is 0 Å². The van der Waals surface area contributed by atoms with Crippen molar-refractivity contribution in [3.05, 3.63) is 29.8 Å². The van der Waals surface area contributed by atoms with E-state index in [2.05, 4.69) is 0 Å². The molecule has 1 fully saturated rings. The Morgan fingerprint density at radius 1 is 1.27 bits per heavy atom. The molecule has 0 amide bonds.